The Bertz CT molecular complexity index is 279. The maximum Gasteiger partial charge on any atom is 0.0451 e. The molecule has 1 aliphatic carbocycles. The predicted molar refractivity (Wildman–Crippen MR) is 68.5 cm³/mol. The zero-order chi connectivity index (χ0) is 10.7. The number of rotatable bonds is 3. The first-order chi connectivity index (χ1) is 7.27. The first-order valence-corrected chi connectivity index (χ1v) is 7.00. The first kappa shape index (κ1) is 11.0. The Morgan fingerprint density at radius 2 is 2.13 bits per heavy atom. The van der Waals surface area contributed by atoms with Crippen molar-refractivity contribution in [3.8, 4) is 0 Å². The summed E-state index contributed by atoms with van der Waals surface area (Å²) in [7, 11) is 0. The highest BCUT2D eigenvalue weighted by Crippen LogP contribution is 2.32. The van der Waals surface area contributed by atoms with Gasteiger partial charge >= 0.3 is 0 Å². The number of thiophene rings is 1. The van der Waals surface area contributed by atoms with Crippen molar-refractivity contribution < 1.29 is 0 Å². The molecule has 15 heavy (non-hydrogen) atoms. The van der Waals surface area contributed by atoms with E-state index >= 15 is 0 Å². The molecular weight excluding hydrogens is 202 g/mol. The molecule has 1 heterocycles. The summed E-state index contributed by atoms with van der Waals surface area (Å²) in [5, 5.41) is 8.07. The number of nitrogens with one attached hydrogen (secondary N) is 1. The highest BCUT2D eigenvalue weighted by molar-refractivity contribution is 7.08. The van der Waals surface area contributed by atoms with E-state index in [1.165, 1.54) is 31.4 Å². The van der Waals surface area contributed by atoms with Gasteiger partial charge in [-0.05, 0) is 36.1 Å². The first-order valence-electron chi connectivity index (χ1n) is 6.06. The Hall–Kier alpha value is -0.500. The van der Waals surface area contributed by atoms with Gasteiger partial charge in [0.2, 0.25) is 0 Å². The lowest BCUT2D eigenvalue weighted by Crippen LogP contribution is -2.35. The molecule has 0 aromatic carbocycles. The Morgan fingerprint density at radius 3 is 2.80 bits per heavy atom. The predicted octanol–water partition coefficient (Wildman–Crippen LogP) is 4.37. The van der Waals surface area contributed by atoms with E-state index in [1.54, 1.807) is 11.3 Å². The average molecular weight is 223 g/mol. The molecule has 2 heteroatoms. The molecule has 0 amide bonds. The van der Waals surface area contributed by atoms with E-state index in [1.807, 2.05) is 0 Å². The second-order valence-corrected chi connectivity index (χ2v) is 5.74. The summed E-state index contributed by atoms with van der Waals surface area (Å²) in [5.74, 6) is 1.67. The van der Waals surface area contributed by atoms with Crippen molar-refractivity contribution in [2.45, 2.75) is 45.6 Å². The van der Waals surface area contributed by atoms with Crippen LogP contribution in [0.1, 0.15) is 39.5 Å². The van der Waals surface area contributed by atoms with Crippen LogP contribution in [0.15, 0.2) is 16.8 Å². The van der Waals surface area contributed by atoms with Gasteiger partial charge in [0, 0.05) is 17.1 Å². The molecule has 2 unspecified atom stereocenters. The van der Waals surface area contributed by atoms with E-state index < -0.39 is 0 Å². The van der Waals surface area contributed by atoms with Crippen molar-refractivity contribution in [1.29, 1.82) is 0 Å². The second kappa shape index (κ2) is 5.02. The molecule has 1 N–H and O–H groups in total. The molecule has 84 valence electrons. The molecule has 1 nitrogen and oxygen atoms in total. The quantitative estimate of drug-likeness (QED) is 0.802. The van der Waals surface area contributed by atoms with E-state index in [-0.39, 0.29) is 0 Å². The SMILES string of the molecule is CC(C)C1CCCCC1Nc1ccsc1. The molecule has 1 fully saturated rings. The summed E-state index contributed by atoms with van der Waals surface area (Å²) in [6, 6.07) is 2.89. The Balaban J connectivity index is 1.99. The van der Waals surface area contributed by atoms with Crippen LogP contribution in [-0.4, -0.2) is 6.04 Å². The van der Waals surface area contributed by atoms with Gasteiger partial charge in [0.25, 0.3) is 0 Å². The molecule has 0 bridgehead atoms. The zero-order valence-corrected chi connectivity index (χ0v) is 10.5. The van der Waals surface area contributed by atoms with Crippen LogP contribution in [0, 0.1) is 11.8 Å². The van der Waals surface area contributed by atoms with Crippen molar-refractivity contribution in [3.63, 3.8) is 0 Å². The molecule has 0 spiro atoms. The summed E-state index contributed by atoms with van der Waals surface area (Å²) in [6.07, 6.45) is 5.56. The summed E-state index contributed by atoms with van der Waals surface area (Å²) in [6.45, 7) is 4.72. The van der Waals surface area contributed by atoms with Crippen molar-refractivity contribution >= 4 is 17.0 Å². The highest BCUT2D eigenvalue weighted by Gasteiger charge is 2.27. The topological polar surface area (TPSA) is 12.0 Å². The molecule has 2 atom stereocenters. The van der Waals surface area contributed by atoms with Gasteiger partial charge in [-0.1, -0.05) is 26.7 Å². The molecule has 0 saturated heterocycles. The van der Waals surface area contributed by atoms with Crippen LogP contribution in [0.25, 0.3) is 0 Å². The number of hydrogen-bond acceptors (Lipinski definition) is 2. The Kier molecular flexibility index (Phi) is 3.68. The summed E-state index contributed by atoms with van der Waals surface area (Å²) < 4.78 is 0. The average Bonchev–Trinajstić information content (AvgIpc) is 2.71. The fraction of sp³-hybridized carbons (Fsp3) is 0.692. The smallest absolute Gasteiger partial charge is 0.0451 e. The van der Waals surface area contributed by atoms with Gasteiger partial charge in [-0.3, -0.25) is 0 Å². The summed E-state index contributed by atoms with van der Waals surface area (Å²) in [4.78, 5) is 0. The molecule has 0 radical (unpaired) electrons. The lowest BCUT2D eigenvalue weighted by atomic mass is 9.78. The minimum atomic E-state index is 0.702. The van der Waals surface area contributed by atoms with E-state index in [9.17, 15) is 0 Å². The molecule has 1 aliphatic rings. The Morgan fingerprint density at radius 1 is 1.33 bits per heavy atom. The maximum atomic E-state index is 3.70. The van der Waals surface area contributed by atoms with Crippen LogP contribution in [0.2, 0.25) is 0 Å². The third-order valence-corrected chi connectivity index (χ3v) is 4.23. The highest BCUT2D eigenvalue weighted by atomic mass is 32.1. The second-order valence-electron chi connectivity index (χ2n) is 4.96. The number of hydrogen-bond donors (Lipinski definition) is 1. The standard InChI is InChI=1S/C13H21NS/c1-10(2)12-5-3-4-6-13(12)14-11-7-8-15-9-11/h7-10,12-14H,3-6H2,1-2H3. The third-order valence-electron chi connectivity index (χ3n) is 3.55. The van der Waals surface area contributed by atoms with Crippen LogP contribution in [-0.2, 0) is 0 Å². The summed E-state index contributed by atoms with van der Waals surface area (Å²) >= 11 is 1.78. The minimum Gasteiger partial charge on any atom is -0.381 e. The van der Waals surface area contributed by atoms with Gasteiger partial charge in [0.05, 0.1) is 0 Å². The molecule has 1 aromatic heterocycles. The van der Waals surface area contributed by atoms with Crippen LogP contribution < -0.4 is 5.32 Å². The monoisotopic (exact) mass is 223 g/mol. The third kappa shape index (κ3) is 2.75. The zero-order valence-electron chi connectivity index (χ0n) is 9.70. The molecule has 1 aromatic rings. The van der Waals surface area contributed by atoms with E-state index in [4.69, 9.17) is 0 Å². The van der Waals surface area contributed by atoms with Crippen molar-refractivity contribution in [2.24, 2.45) is 11.8 Å². The number of anilines is 1. The van der Waals surface area contributed by atoms with E-state index in [0.717, 1.165) is 11.8 Å². The van der Waals surface area contributed by atoms with Crippen LogP contribution in [0.4, 0.5) is 5.69 Å². The molecular formula is C13H21NS. The minimum absolute atomic E-state index is 0.702. The van der Waals surface area contributed by atoms with Gasteiger partial charge in [0.15, 0.2) is 0 Å². The Labute approximate surface area is 96.9 Å². The van der Waals surface area contributed by atoms with Crippen LogP contribution >= 0.6 is 11.3 Å². The van der Waals surface area contributed by atoms with Gasteiger partial charge < -0.3 is 5.32 Å². The lowest BCUT2D eigenvalue weighted by Gasteiger charge is -2.35. The van der Waals surface area contributed by atoms with Gasteiger partial charge in [-0.25, -0.2) is 0 Å². The van der Waals surface area contributed by atoms with Crippen LogP contribution in [0.5, 0.6) is 0 Å². The molecule has 2 rings (SSSR count). The van der Waals surface area contributed by atoms with Crippen molar-refractivity contribution in [3.05, 3.63) is 16.8 Å². The normalized spacial score (nSPS) is 26.9. The fourth-order valence-electron chi connectivity index (χ4n) is 2.70. The largest absolute Gasteiger partial charge is 0.381 e. The van der Waals surface area contributed by atoms with E-state index in [0.29, 0.717) is 6.04 Å². The lowest BCUT2D eigenvalue weighted by molar-refractivity contribution is 0.254. The molecule has 1 saturated carbocycles. The molecule has 0 aliphatic heterocycles. The van der Waals surface area contributed by atoms with Gasteiger partial charge in [-0.15, -0.1) is 0 Å². The summed E-state index contributed by atoms with van der Waals surface area (Å²) in [5.41, 5.74) is 1.32. The van der Waals surface area contributed by atoms with Crippen molar-refractivity contribution in [2.75, 3.05) is 5.32 Å². The van der Waals surface area contributed by atoms with Gasteiger partial charge in [0.1, 0.15) is 0 Å². The van der Waals surface area contributed by atoms with Gasteiger partial charge in [-0.2, -0.15) is 11.3 Å². The van der Waals surface area contributed by atoms with E-state index in [2.05, 4.69) is 36.0 Å². The van der Waals surface area contributed by atoms with Crippen LogP contribution in [0.3, 0.4) is 0 Å². The fourth-order valence-corrected chi connectivity index (χ4v) is 3.29. The maximum absolute atomic E-state index is 3.70. The van der Waals surface area contributed by atoms with Crippen molar-refractivity contribution in [1.82, 2.24) is 0 Å².